The van der Waals surface area contributed by atoms with Crippen LogP contribution in [0.5, 0.6) is 0 Å². The van der Waals surface area contributed by atoms with Gasteiger partial charge in [0.2, 0.25) is 0 Å². The van der Waals surface area contributed by atoms with E-state index >= 15 is 0 Å². The Labute approximate surface area is 109 Å². The van der Waals surface area contributed by atoms with Crippen LogP contribution in [0.1, 0.15) is 35.0 Å². The zero-order chi connectivity index (χ0) is 13.3. The second-order valence-electron chi connectivity index (χ2n) is 4.56. The van der Waals surface area contributed by atoms with Gasteiger partial charge in [-0.25, -0.2) is 4.79 Å². The minimum atomic E-state index is -1.03. The molecule has 0 radical (unpaired) electrons. The Balaban J connectivity index is 2.21. The van der Waals surface area contributed by atoms with E-state index in [1.165, 1.54) is 0 Å². The molecule has 0 spiro atoms. The van der Waals surface area contributed by atoms with Gasteiger partial charge in [-0.3, -0.25) is 4.79 Å². The number of nitrogens with one attached hydrogen (secondary N) is 1. The van der Waals surface area contributed by atoms with Crippen molar-refractivity contribution in [2.75, 3.05) is 11.9 Å². The fourth-order valence-corrected chi connectivity index (χ4v) is 2.80. The predicted molar refractivity (Wildman–Crippen MR) is 68.2 cm³/mol. The van der Waals surface area contributed by atoms with Crippen LogP contribution in [-0.2, 0) is 9.53 Å². The van der Waals surface area contributed by atoms with Gasteiger partial charge in [0.25, 0.3) is 5.91 Å². The molecule has 1 amide bonds. The molecule has 1 aliphatic rings. The Kier molecular flexibility index (Phi) is 3.41. The molecule has 1 aromatic rings. The number of carboxylic acid groups (broad SMARTS) is 1. The summed E-state index contributed by atoms with van der Waals surface area (Å²) in [6.45, 7) is 4.08. The van der Waals surface area contributed by atoms with Gasteiger partial charge in [-0.15, -0.1) is 11.3 Å². The maximum Gasteiger partial charge on any atom is 0.348 e. The standard InChI is InChI=1S/C12H15NO4S/c1-7-6-18-9(10(14)15)8(7)13-11(16)12(2)4-3-5-17-12/h6H,3-5H2,1-2H3,(H,13,16)(H,14,15). The lowest BCUT2D eigenvalue weighted by atomic mass is 10.0. The molecular weight excluding hydrogens is 254 g/mol. The number of rotatable bonds is 3. The van der Waals surface area contributed by atoms with Crippen LogP contribution in [0.3, 0.4) is 0 Å². The second-order valence-corrected chi connectivity index (χ2v) is 5.44. The minimum Gasteiger partial charge on any atom is -0.477 e. The highest BCUT2D eigenvalue weighted by molar-refractivity contribution is 7.12. The third kappa shape index (κ3) is 2.26. The zero-order valence-corrected chi connectivity index (χ0v) is 11.1. The lowest BCUT2D eigenvalue weighted by molar-refractivity contribution is -0.133. The highest BCUT2D eigenvalue weighted by Gasteiger charge is 2.38. The molecule has 0 aliphatic carbocycles. The van der Waals surface area contributed by atoms with Crippen molar-refractivity contribution >= 4 is 28.9 Å². The van der Waals surface area contributed by atoms with Gasteiger partial charge in [0, 0.05) is 6.61 Å². The van der Waals surface area contributed by atoms with Crippen LogP contribution in [0.2, 0.25) is 0 Å². The maximum absolute atomic E-state index is 12.1. The molecule has 0 aromatic carbocycles. The van der Waals surface area contributed by atoms with Crippen molar-refractivity contribution in [3.05, 3.63) is 15.8 Å². The van der Waals surface area contributed by atoms with Gasteiger partial charge < -0.3 is 15.2 Å². The van der Waals surface area contributed by atoms with Gasteiger partial charge in [-0.05, 0) is 37.6 Å². The quantitative estimate of drug-likeness (QED) is 0.882. The van der Waals surface area contributed by atoms with Gasteiger partial charge in [-0.2, -0.15) is 0 Å². The summed E-state index contributed by atoms with van der Waals surface area (Å²) in [6, 6.07) is 0. The summed E-state index contributed by atoms with van der Waals surface area (Å²) in [5, 5.41) is 13.5. The van der Waals surface area contributed by atoms with E-state index in [4.69, 9.17) is 9.84 Å². The summed E-state index contributed by atoms with van der Waals surface area (Å²) in [5.41, 5.74) is 0.297. The van der Waals surface area contributed by atoms with Crippen LogP contribution in [0.15, 0.2) is 5.38 Å². The maximum atomic E-state index is 12.1. The molecule has 98 valence electrons. The van der Waals surface area contributed by atoms with Crippen molar-refractivity contribution in [3.8, 4) is 0 Å². The number of aromatic carboxylic acids is 1. The molecule has 0 bridgehead atoms. The van der Waals surface area contributed by atoms with Crippen LogP contribution in [-0.4, -0.2) is 29.2 Å². The number of amides is 1. The molecule has 1 atom stereocenters. The summed E-state index contributed by atoms with van der Waals surface area (Å²) >= 11 is 1.11. The van der Waals surface area contributed by atoms with Gasteiger partial charge in [0.05, 0.1) is 5.69 Å². The van der Waals surface area contributed by atoms with Crippen LogP contribution < -0.4 is 5.32 Å². The molecule has 6 heteroatoms. The number of aryl methyl sites for hydroxylation is 1. The number of ether oxygens (including phenoxy) is 1. The highest BCUT2D eigenvalue weighted by atomic mass is 32.1. The van der Waals surface area contributed by atoms with Crippen LogP contribution in [0.25, 0.3) is 0 Å². The van der Waals surface area contributed by atoms with Crippen molar-refractivity contribution in [2.45, 2.75) is 32.3 Å². The first-order valence-corrected chi connectivity index (χ1v) is 6.59. The van der Waals surface area contributed by atoms with E-state index in [2.05, 4.69) is 5.32 Å². The molecule has 18 heavy (non-hydrogen) atoms. The van der Waals surface area contributed by atoms with Crippen LogP contribution in [0, 0.1) is 6.92 Å². The van der Waals surface area contributed by atoms with Crippen molar-refractivity contribution < 1.29 is 19.4 Å². The van der Waals surface area contributed by atoms with Crippen LogP contribution >= 0.6 is 11.3 Å². The zero-order valence-electron chi connectivity index (χ0n) is 10.3. The highest BCUT2D eigenvalue weighted by Crippen LogP contribution is 2.31. The largest absolute Gasteiger partial charge is 0.477 e. The normalized spacial score (nSPS) is 23.0. The van der Waals surface area contributed by atoms with E-state index in [1.807, 2.05) is 0 Å². The summed E-state index contributed by atoms with van der Waals surface area (Å²) in [6.07, 6.45) is 1.50. The number of carbonyl (C=O) groups excluding carboxylic acids is 1. The molecular formula is C12H15NO4S. The molecule has 2 heterocycles. The van der Waals surface area contributed by atoms with E-state index in [9.17, 15) is 9.59 Å². The molecule has 0 saturated carbocycles. The smallest absolute Gasteiger partial charge is 0.348 e. The SMILES string of the molecule is Cc1csc(C(=O)O)c1NC(=O)C1(C)CCCO1. The molecule has 2 rings (SSSR count). The number of carboxylic acids is 1. The molecule has 2 N–H and O–H groups in total. The number of hydrogen-bond acceptors (Lipinski definition) is 4. The third-order valence-corrected chi connectivity index (χ3v) is 4.19. The Morgan fingerprint density at radius 1 is 1.56 bits per heavy atom. The van der Waals surface area contributed by atoms with Crippen molar-refractivity contribution in [3.63, 3.8) is 0 Å². The number of thiophene rings is 1. The number of hydrogen-bond donors (Lipinski definition) is 2. The Morgan fingerprint density at radius 2 is 2.28 bits per heavy atom. The first-order chi connectivity index (χ1) is 8.44. The van der Waals surface area contributed by atoms with Crippen molar-refractivity contribution in [2.24, 2.45) is 0 Å². The fourth-order valence-electron chi connectivity index (χ4n) is 1.96. The Hall–Kier alpha value is -1.40. The van der Waals surface area contributed by atoms with E-state index in [1.54, 1.807) is 19.2 Å². The third-order valence-electron chi connectivity index (χ3n) is 3.11. The van der Waals surface area contributed by atoms with Crippen molar-refractivity contribution in [1.29, 1.82) is 0 Å². The van der Waals surface area contributed by atoms with Gasteiger partial charge in [0.15, 0.2) is 0 Å². The number of anilines is 1. The summed E-state index contributed by atoms with van der Waals surface area (Å²) < 4.78 is 5.44. The first kappa shape index (κ1) is 13.0. The molecule has 1 fully saturated rings. The van der Waals surface area contributed by atoms with E-state index < -0.39 is 11.6 Å². The fraction of sp³-hybridized carbons (Fsp3) is 0.500. The number of carbonyl (C=O) groups is 2. The molecule has 1 saturated heterocycles. The molecule has 1 aromatic heterocycles. The average molecular weight is 269 g/mol. The van der Waals surface area contributed by atoms with Crippen molar-refractivity contribution in [1.82, 2.24) is 0 Å². The lowest BCUT2D eigenvalue weighted by Crippen LogP contribution is -2.39. The topological polar surface area (TPSA) is 75.6 Å². The average Bonchev–Trinajstić information content (AvgIpc) is 2.88. The minimum absolute atomic E-state index is 0.155. The molecule has 1 unspecified atom stereocenters. The Bertz CT molecular complexity index is 488. The predicted octanol–water partition coefficient (Wildman–Crippen LogP) is 2.26. The lowest BCUT2D eigenvalue weighted by Gasteiger charge is -2.22. The van der Waals surface area contributed by atoms with E-state index in [0.717, 1.165) is 23.3 Å². The van der Waals surface area contributed by atoms with E-state index in [-0.39, 0.29) is 10.8 Å². The summed E-state index contributed by atoms with van der Waals surface area (Å²) in [7, 11) is 0. The van der Waals surface area contributed by atoms with Gasteiger partial charge >= 0.3 is 5.97 Å². The van der Waals surface area contributed by atoms with Crippen LogP contribution in [0.4, 0.5) is 5.69 Å². The first-order valence-electron chi connectivity index (χ1n) is 5.71. The van der Waals surface area contributed by atoms with E-state index in [0.29, 0.717) is 18.7 Å². The monoisotopic (exact) mass is 269 g/mol. The van der Waals surface area contributed by atoms with Gasteiger partial charge in [-0.1, -0.05) is 0 Å². The molecule has 5 nitrogen and oxygen atoms in total. The Morgan fingerprint density at radius 3 is 2.83 bits per heavy atom. The van der Waals surface area contributed by atoms with Gasteiger partial charge in [0.1, 0.15) is 10.5 Å². The summed E-state index contributed by atoms with van der Waals surface area (Å²) in [4.78, 5) is 23.3. The summed E-state index contributed by atoms with van der Waals surface area (Å²) in [5.74, 6) is -1.30. The molecule has 1 aliphatic heterocycles. The second kappa shape index (κ2) is 4.70.